The molecule has 1 atom stereocenters. The van der Waals surface area contributed by atoms with Crippen LogP contribution in [0.25, 0.3) is 0 Å². The second-order valence-electron chi connectivity index (χ2n) is 7.11. The summed E-state index contributed by atoms with van der Waals surface area (Å²) >= 11 is 0. The lowest BCUT2D eigenvalue weighted by Gasteiger charge is -2.32. The van der Waals surface area contributed by atoms with Gasteiger partial charge < -0.3 is 9.47 Å². The van der Waals surface area contributed by atoms with E-state index in [1.165, 1.54) is 28.6 Å². The zero-order valence-corrected chi connectivity index (χ0v) is 17.6. The molecule has 0 saturated carbocycles. The number of ether oxygens (including phenoxy) is 2. The summed E-state index contributed by atoms with van der Waals surface area (Å²) in [5.74, 6) is 0.0280. The van der Waals surface area contributed by atoms with Crippen LogP contribution >= 0.6 is 0 Å². The lowest BCUT2D eigenvalue weighted by Crippen LogP contribution is -2.41. The Labute approximate surface area is 176 Å². The van der Waals surface area contributed by atoms with Crippen molar-refractivity contribution in [2.45, 2.75) is 37.1 Å². The fourth-order valence-corrected chi connectivity index (χ4v) is 5.03. The van der Waals surface area contributed by atoms with Crippen LogP contribution in [0.4, 0.5) is 0 Å². The summed E-state index contributed by atoms with van der Waals surface area (Å²) in [4.78, 5) is 12.4. The number of sulfonamides is 1. The summed E-state index contributed by atoms with van der Waals surface area (Å²) in [5, 5.41) is 8.77. The van der Waals surface area contributed by atoms with Gasteiger partial charge in [0.05, 0.1) is 22.1 Å². The molecule has 1 fully saturated rings. The second kappa shape index (κ2) is 9.74. The quantitative estimate of drug-likeness (QED) is 0.496. The first-order chi connectivity index (χ1) is 14.4. The topological polar surface area (TPSA) is 96.7 Å². The number of carbonyl (C=O) groups excluding carboxylic acids is 1. The lowest BCUT2D eigenvalue weighted by atomic mass is 10.1. The maximum Gasteiger partial charge on any atom is 0.338 e. The summed E-state index contributed by atoms with van der Waals surface area (Å²) in [6, 6.07) is 14.4. The van der Waals surface area contributed by atoms with Crippen molar-refractivity contribution in [3.05, 3.63) is 59.7 Å². The third kappa shape index (κ3) is 5.17. The number of nitriles is 1. The first kappa shape index (κ1) is 21.8. The number of hydrogen-bond acceptors (Lipinski definition) is 6. The third-order valence-corrected chi connectivity index (χ3v) is 7.04. The van der Waals surface area contributed by atoms with Crippen LogP contribution in [-0.2, 0) is 14.8 Å². The van der Waals surface area contributed by atoms with Gasteiger partial charge in [0, 0.05) is 12.6 Å². The molecule has 1 aliphatic heterocycles. The number of nitrogens with zero attached hydrogens (tertiary/aromatic N) is 2. The van der Waals surface area contributed by atoms with Crippen LogP contribution in [0.5, 0.6) is 5.75 Å². The van der Waals surface area contributed by atoms with Gasteiger partial charge in [-0.2, -0.15) is 9.57 Å². The van der Waals surface area contributed by atoms with Crippen molar-refractivity contribution in [1.29, 1.82) is 5.26 Å². The van der Waals surface area contributed by atoms with E-state index in [0.29, 0.717) is 17.9 Å². The molecule has 2 aromatic rings. The van der Waals surface area contributed by atoms with Crippen LogP contribution in [0.2, 0.25) is 0 Å². The fourth-order valence-electron chi connectivity index (χ4n) is 3.33. The van der Waals surface area contributed by atoms with Crippen molar-refractivity contribution in [2.24, 2.45) is 0 Å². The first-order valence-electron chi connectivity index (χ1n) is 9.84. The Morgan fingerprint density at radius 1 is 1.10 bits per heavy atom. The van der Waals surface area contributed by atoms with E-state index in [2.05, 4.69) is 0 Å². The summed E-state index contributed by atoms with van der Waals surface area (Å²) in [6.45, 7) is 2.65. The van der Waals surface area contributed by atoms with Gasteiger partial charge in [-0.3, -0.25) is 0 Å². The Kier molecular flexibility index (Phi) is 7.08. The van der Waals surface area contributed by atoms with E-state index >= 15 is 0 Å². The molecule has 2 aromatic carbocycles. The monoisotopic (exact) mass is 428 g/mol. The number of carbonyl (C=O) groups is 1. The van der Waals surface area contributed by atoms with E-state index < -0.39 is 16.0 Å². The largest absolute Gasteiger partial charge is 0.490 e. The van der Waals surface area contributed by atoms with Gasteiger partial charge in [0.2, 0.25) is 10.0 Å². The molecule has 1 saturated heterocycles. The van der Waals surface area contributed by atoms with Crippen molar-refractivity contribution in [3.63, 3.8) is 0 Å². The average molecular weight is 429 g/mol. The van der Waals surface area contributed by atoms with E-state index in [1.54, 1.807) is 24.3 Å². The maximum atomic E-state index is 12.8. The zero-order valence-electron chi connectivity index (χ0n) is 16.8. The van der Waals surface area contributed by atoms with Crippen LogP contribution in [0.15, 0.2) is 53.4 Å². The van der Waals surface area contributed by atoms with Crippen LogP contribution in [0.3, 0.4) is 0 Å². The molecule has 0 spiro atoms. The highest BCUT2D eigenvalue weighted by Gasteiger charge is 2.30. The molecule has 30 heavy (non-hydrogen) atoms. The van der Waals surface area contributed by atoms with Crippen LogP contribution in [0.1, 0.15) is 42.1 Å². The number of benzene rings is 2. The fraction of sp³-hybridized carbons (Fsp3) is 0.364. The molecule has 0 N–H and O–H groups in total. The summed E-state index contributed by atoms with van der Waals surface area (Å²) in [7, 11) is -3.57. The predicted octanol–water partition coefficient (Wildman–Crippen LogP) is 3.36. The van der Waals surface area contributed by atoms with E-state index in [4.69, 9.17) is 14.7 Å². The van der Waals surface area contributed by atoms with Crippen molar-refractivity contribution in [2.75, 3.05) is 19.8 Å². The molecule has 7 nitrogen and oxygen atoms in total. The van der Waals surface area contributed by atoms with E-state index in [9.17, 15) is 13.2 Å². The average Bonchev–Trinajstić information content (AvgIpc) is 2.77. The molecule has 0 aromatic heterocycles. The SMILES string of the molecule is CC1CCCCN1S(=O)(=O)c1ccc(C(=O)OCCOc2ccc(C#N)cc2)cc1. The molecule has 3 rings (SSSR count). The summed E-state index contributed by atoms with van der Waals surface area (Å²) in [5.41, 5.74) is 0.813. The highest BCUT2D eigenvalue weighted by Crippen LogP contribution is 2.25. The molecule has 0 radical (unpaired) electrons. The number of hydrogen-bond donors (Lipinski definition) is 0. The van der Waals surface area contributed by atoms with Gasteiger partial charge in [0.1, 0.15) is 19.0 Å². The Morgan fingerprint density at radius 3 is 2.43 bits per heavy atom. The van der Waals surface area contributed by atoms with E-state index in [0.717, 1.165) is 19.3 Å². The molecular weight excluding hydrogens is 404 g/mol. The standard InChI is InChI=1S/C22H24N2O5S/c1-17-4-2-3-13-24(17)30(26,27)21-11-7-19(8-12-21)22(25)29-15-14-28-20-9-5-18(16-23)6-10-20/h5-12,17H,2-4,13-15H2,1H3. The molecule has 1 aliphatic rings. The van der Waals surface area contributed by atoms with Gasteiger partial charge in [-0.15, -0.1) is 0 Å². The Morgan fingerprint density at radius 2 is 1.80 bits per heavy atom. The van der Waals surface area contributed by atoms with Crippen molar-refractivity contribution >= 4 is 16.0 Å². The molecule has 0 bridgehead atoms. The minimum atomic E-state index is -3.57. The Hall–Kier alpha value is -2.89. The second-order valence-corrected chi connectivity index (χ2v) is 9.00. The van der Waals surface area contributed by atoms with Crippen LogP contribution in [0, 0.1) is 11.3 Å². The summed E-state index contributed by atoms with van der Waals surface area (Å²) < 4.78 is 37.9. The van der Waals surface area contributed by atoms with Gasteiger partial charge in [0.25, 0.3) is 0 Å². The number of piperidine rings is 1. The molecule has 158 valence electrons. The maximum absolute atomic E-state index is 12.8. The predicted molar refractivity (Wildman–Crippen MR) is 111 cm³/mol. The van der Waals surface area contributed by atoms with Crippen LogP contribution < -0.4 is 4.74 Å². The first-order valence-corrected chi connectivity index (χ1v) is 11.3. The zero-order chi connectivity index (χ0) is 21.6. The molecule has 1 unspecified atom stereocenters. The van der Waals surface area contributed by atoms with Gasteiger partial charge in [-0.05, 0) is 68.3 Å². The van der Waals surface area contributed by atoms with Gasteiger partial charge in [-0.25, -0.2) is 13.2 Å². The number of esters is 1. The smallest absolute Gasteiger partial charge is 0.338 e. The van der Waals surface area contributed by atoms with Crippen molar-refractivity contribution in [1.82, 2.24) is 4.31 Å². The summed E-state index contributed by atoms with van der Waals surface area (Å²) in [6.07, 6.45) is 2.75. The number of rotatable bonds is 7. The van der Waals surface area contributed by atoms with E-state index in [1.807, 2.05) is 13.0 Å². The van der Waals surface area contributed by atoms with Crippen molar-refractivity contribution in [3.8, 4) is 11.8 Å². The highest BCUT2D eigenvalue weighted by molar-refractivity contribution is 7.89. The molecule has 1 heterocycles. The lowest BCUT2D eigenvalue weighted by molar-refractivity contribution is 0.0450. The van der Waals surface area contributed by atoms with E-state index in [-0.39, 0.29) is 29.7 Å². The molecular formula is C22H24N2O5S. The minimum Gasteiger partial charge on any atom is -0.490 e. The Bertz CT molecular complexity index is 1010. The Balaban J connectivity index is 1.52. The molecule has 0 amide bonds. The molecule has 0 aliphatic carbocycles. The van der Waals surface area contributed by atoms with Gasteiger partial charge >= 0.3 is 5.97 Å². The minimum absolute atomic E-state index is 0.0236. The normalized spacial score (nSPS) is 17.1. The van der Waals surface area contributed by atoms with Gasteiger partial charge in [-0.1, -0.05) is 6.42 Å². The third-order valence-electron chi connectivity index (χ3n) is 5.01. The molecule has 8 heteroatoms. The van der Waals surface area contributed by atoms with Crippen LogP contribution in [-0.4, -0.2) is 44.5 Å². The van der Waals surface area contributed by atoms with Gasteiger partial charge in [0.15, 0.2) is 0 Å². The van der Waals surface area contributed by atoms with Crippen molar-refractivity contribution < 1.29 is 22.7 Å². The highest BCUT2D eigenvalue weighted by atomic mass is 32.2.